The van der Waals surface area contributed by atoms with Gasteiger partial charge in [-0.2, -0.15) is 0 Å². The smallest absolute Gasteiger partial charge is 0.255 e. The van der Waals surface area contributed by atoms with Gasteiger partial charge in [0.1, 0.15) is 0 Å². The Kier molecular flexibility index (Phi) is 4.54. The van der Waals surface area contributed by atoms with Gasteiger partial charge >= 0.3 is 0 Å². The first kappa shape index (κ1) is 17.8. The fourth-order valence-corrected chi connectivity index (χ4v) is 4.13. The first-order valence-corrected chi connectivity index (χ1v) is 9.79. The molecule has 1 aliphatic heterocycles. The van der Waals surface area contributed by atoms with Gasteiger partial charge in [0, 0.05) is 49.2 Å². The Morgan fingerprint density at radius 1 is 0.889 bits per heavy atom. The highest BCUT2D eigenvalue weighted by Crippen LogP contribution is 2.38. The van der Waals surface area contributed by atoms with E-state index in [1.807, 2.05) is 47.1 Å². The fraction of sp³-hybridized carbons (Fsp3) is 0.455. The van der Waals surface area contributed by atoms with Crippen LogP contribution in [0.5, 0.6) is 0 Å². The summed E-state index contributed by atoms with van der Waals surface area (Å²) in [6.07, 6.45) is 2.42. The first-order valence-electron chi connectivity index (χ1n) is 9.79. The summed E-state index contributed by atoms with van der Waals surface area (Å²) in [7, 11) is 0. The molecule has 2 fully saturated rings. The largest absolute Gasteiger partial charge is 0.345 e. The molecular formula is C22H27N3O2. The summed E-state index contributed by atoms with van der Waals surface area (Å²) in [6, 6.07) is 10.3. The highest BCUT2D eigenvalue weighted by molar-refractivity contribution is 5.97. The molecule has 0 spiro atoms. The van der Waals surface area contributed by atoms with Crippen LogP contribution in [0.15, 0.2) is 30.3 Å². The maximum absolute atomic E-state index is 13.0. The third kappa shape index (κ3) is 3.38. The van der Waals surface area contributed by atoms with Crippen molar-refractivity contribution in [3.05, 3.63) is 58.4 Å². The van der Waals surface area contributed by atoms with Crippen molar-refractivity contribution in [1.29, 1.82) is 0 Å². The van der Waals surface area contributed by atoms with Gasteiger partial charge in [-0.1, -0.05) is 17.7 Å². The van der Waals surface area contributed by atoms with Gasteiger partial charge in [0.2, 0.25) is 0 Å². The average Bonchev–Trinajstić information content (AvgIpc) is 3.45. The second kappa shape index (κ2) is 6.87. The van der Waals surface area contributed by atoms with Crippen molar-refractivity contribution >= 4 is 11.8 Å². The van der Waals surface area contributed by atoms with Gasteiger partial charge in [0.15, 0.2) is 0 Å². The minimum Gasteiger partial charge on any atom is -0.345 e. The molecule has 2 aromatic rings. The SMILES string of the molecule is Cc1cccc(C(=O)N2CCN(C(=O)c3cc(C)n(C4CC4)c3C)CC2)c1. The van der Waals surface area contributed by atoms with Gasteiger partial charge in [-0.15, -0.1) is 0 Å². The lowest BCUT2D eigenvalue weighted by molar-refractivity contribution is 0.0535. The number of carbonyl (C=O) groups excluding carboxylic acids is 2. The number of rotatable bonds is 3. The van der Waals surface area contributed by atoms with Crippen LogP contribution in [0.25, 0.3) is 0 Å². The predicted octanol–water partition coefficient (Wildman–Crippen LogP) is 3.35. The Balaban J connectivity index is 1.43. The molecule has 0 unspecified atom stereocenters. The quantitative estimate of drug-likeness (QED) is 0.837. The van der Waals surface area contributed by atoms with E-state index in [1.54, 1.807) is 0 Å². The molecule has 0 bridgehead atoms. The fourth-order valence-electron chi connectivity index (χ4n) is 4.13. The standard InChI is InChI=1S/C22H27N3O2/c1-15-5-4-6-18(13-15)21(26)23-9-11-24(12-10-23)22(27)20-14-16(2)25(17(20)3)19-7-8-19/h4-6,13-14,19H,7-12H2,1-3H3. The minimum atomic E-state index is 0.0534. The van der Waals surface area contributed by atoms with Crippen molar-refractivity contribution in [2.24, 2.45) is 0 Å². The van der Waals surface area contributed by atoms with Gasteiger partial charge in [0.25, 0.3) is 11.8 Å². The molecule has 1 aromatic carbocycles. The van der Waals surface area contributed by atoms with Crippen LogP contribution in [0.2, 0.25) is 0 Å². The lowest BCUT2D eigenvalue weighted by Crippen LogP contribution is -2.50. The second-order valence-electron chi connectivity index (χ2n) is 7.84. The van der Waals surface area contributed by atoms with Crippen molar-refractivity contribution < 1.29 is 9.59 Å². The van der Waals surface area contributed by atoms with Crippen molar-refractivity contribution in [1.82, 2.24) is 14.4 Å². The zero-order valence-corrected chi connectivity index (χ0v) is 16.4. The van der Waals surface area contributed by atoms with Crippen molar-refractivity contribution in [3.63, 3.8) is 0 Å². The normalized spacial score (nSPS) is 17.3. The third-order valence-corrected chi connectivity index (χ3v) is 5.75. The molecule has 1 saturated carbocycles. The van der Waals surface area contributed by atoms with E-state index in [0.717, 1.165) is 22.4 Å². The van der Waals surface area contributed by atoms with Gasteiger partial charge in [-0.05, 0) is 51.8 Å². The number of carbonyl (C=O) groups is 2. The molecule has 142 valence electrons. The van der Waals surface area contributed by atoms with Crippen LogP contribution in [0.1, 0.15) is 56.6 Å². The molecule has 5 nitrogen and oxygen atoms in total. The van der Waals surface area contributed by atoms with E-state index < -0.39 is 0 Å². The third-order valence-electron chi connectivity index (χ3n) is 5.75. The van der Waals surface area contributed by atoms with E-state index in [9.17, 15) is 9.59 Å². The van der Waals surface area contributed by atoms with Crippen molar-refractivity contribution in [2.75, 3.05) is 26.2 Å². The van der Waals surface area contributed by atoms with E-state index in [2.05, 4.69) is 18.4 Å². The Bertz CT molecular complexity index is 887. The summed E-state index contributed by atoms with van der Waals surface area (Å²) in [5.41, 5.74) is 4.88. The number of amides is 2. The molecule has 2 amide bonds. The van der Waals surface area contributed by atoms with Crippen LogP contribution in [0.3, 0.4) is 0 Å². The Labute approximate surface area is 160 Å². The number of hydrogen-bond acceptors (Lipinski definition) is 2. The van der Waals surface area contributed by atoms with E-state index in [0.29, 0.717) is 32.2 Å². The number of hydrogen-bond donors (Lipinski definition) is 0. The number of aromatic nitrogens is 1. The van der Waals surface area contributed by atoms with Crippen LogP contribution >= 0.6 is 0 Å². The van der Waals surface area contributed by atoms with Crippen LogP contribution in [-0.2, 0) is 0 Å². The maximum Gasteiger partial charge on any atom is 0.255 e. The number of nitrogens with zero attached hydrogens (tertiary/aromatic N) is 3. The predicted molar refractivity (Wildman–Crippen MR) is 105 cm³/mol. The summed E-state index contributed by atoms with van der Waals surface area (Å²) < 4.78 is 2.31. The van der Waals surface area contributed by atoms with Crippen LogP contribution < -0.4 is 0 Å². The Hall–Kier alpha value is -2.56. The summed E-state index contributed by atoms with van der Waals surface area (Å²) in [4.78, 5) is 29.5. The summed E-state index contributed by atoms with van der Waals surface area (Å²) in [5, 5.41) is 0. The molecule has 0 N–H and O–H groups in total. The molecule has 5 heteroatoms. The van der Waals surface area contributed by atoms with Gasteiger partial charge < -0.3 is 14.4 Å². The van der Waals surface area contributed by atoms with E-state index >= 15 is 0 Å². The van der Waals surface area contributed by atoms with Gasteiger partial charge in [-0.3, -0.25) is 9.59 Å². The number of benzene rings is 1. The molecule has 27 heavy (non-hydrogen) atoms. The lowest BCUT2D eigenvalue weighted by atomic mass is 10.1. The highest BCUT2D eigenvalue weighted by atomic mass is 16.2. The monoisotopic (exact) mass is 365 g/mol. The lowest BCUT2D eigenvalue weighted by Gasteiger charge is -2.35. The molecule has 4 rings (SSSR count). The summed E-state index contributed by atoms with van der Waals surface area (Å²) in [5.74, 6) is 0.148. The molecule has 2 aliphatic rings. The molecule has 1 aliphatic carbocycles. The number of piperazine rings is 1. The Morgan fingerprint density at radius 3 is 2.11 bits per heavy atom. The van der Waals surface area contributed by atoms with Gasteiger partial charge in [0.05, 0.1) is 5.56 Å². The van der Waals surface area contributed by atoms with Crippen LogP contribution in [-0.4, -0.2) is 52.4 Å². The zero-order valence-electron chi connectivity index (χ0n) is 16.4. The topological polar surface area (TPSA) is 45.6 Å². The molecule has 1 aromatic heterocycles. The summed E-state index contributed by atoms with van der Waals surface area (Å²) in [6.45, 7) is 8.47. The second-order valence-corrected chi connectivity index (χ2v) is 7.84. The van der Waals surface area contributed by atoms with Crippen molar-refractivity contribution in [2.45, 2.75) is 39.7 Å². The Morgan fingerprint density at radius 2 is 1.52 bits per heavy atom. The van der Waals surface area contributed by atoms with E-state index in [1.165, 1.54) is 18.5 Å². The highest BCUT2D eigenvalue weighted by Gasteiger charge is 2.31. The average molecular weight is 365 g/mol. The molecule has 1 saturated heterocycles. The van der Waals surface area contributed by atoms with Gasteiger partial charge in [-0.25, -0.2) is 0 Å². The molecular weight excluding hydrogens is 338 g/mol. The van der Waals surface area contributed by atoms with E-state index in [4.69, 9.17) is 0 Å². The van der Waals surface area contributed by atoms with Crippen LogP contribution in [0.4, 0.5) is 0 Å². The first-order chi connectivity index (χ1) is 13.0. The summed E-state index contributed by atoms with van der Waals surface area (Å²) >= 11 is 0. The zero-order chi connectivity index (χ0) is 19.1. The van der Waals surface area contributed by atoms with Crippen LogP contribution in [0, 0.1) is 20.8 Å². The molecule has 0 atom stereocenters. The minimum absolute atomic E-state index is 0.0534. The maximum atomic E-state index is 13.0. The van der Waals surface area contributed by atoms with Crippen molar-refractivity contribution in [3.8, 4) is 0 Å². The molecule has 2 heterocycles. The van der Waals surface area contributed by atoms with E-state index in [-0.39, 0.29) is 11.8 Å². The number of aryl methyl sites for hydroxylation is 2. The molecule has 0 radical (unpaired) electrons.